The molecule has 2 heterocycles. The van der Waals surface area contributed by atoms with Crippen molar-refractivity contribution in [2.45, 2.75) is 19.1 Å². The van der Waals surface area contributed by atoms with Gasteiger partial charge in [-0.05, 0) is 36.8 Å². The second kappa shape index (κ2) is 10.2. The highest BCUT2D eigenvalue weighted by Crippen LogP contribution is 2.32. The molecular weight excluding hydrogens is 479 g/mol. The Bertz CT molecular complexity index is 1260. The normalized spacial score (nSPS) is 16.6. The summed E-state index contributed by atoms with van der Waals surface area (Å²) in [6.07, 6.45) is 2.04. The number of anilines is 1. The summed E-state index contributed by atoms with van der Waals surface area (Å²) in [4.78, 5) is 47.0. The molecule has 0 radical (unpaired) electrons. The van der Waals surface area contributed by atoms with Gasteiger partial charge in [-0.25, -0.2) is 4.99 Å². The van der Waals surface area contributed by atoms with Crippen LogP contribution < -0.4 is 10.2 Å². The van der Waals surface area contributed by atoms with Crippen LogP contribution >= 0.6 is 23.2 Å². The average molecular weight is 499 g/mol. The van der Waals surface area contributed by atoms with E-state index in [1.807, 2.05) is 0 Å². The van der Waals surface area contributed by atoms with E-state index in [0.29, 0.717) is 44.7 Å². The Kier molecular flexibility index (Phi) is 7.09. The first kappa shape index (κ1) is 23.7. The molecule has 0 fully saturated rings. The average Bonchev–Trinajstić information content (AvgIpc) is 2.86. The number of hydrogen-bond acceptors (Lipinski definition) is 6. The summed E-state index contributed by atoms with van der Waals surface area (Å²) in [6.45, 7) is 0.261. The number of halogens is 2. The Balaban J connectivity index is 1.53. The van der Waals surface area contributed by atoms with Crippen LogP contribution in [0.1, 0.15) is 24.0 Å². The molecule has 10 heteroatoms. The van der Waals surface area contributed by atoms with Crippen LogP contribution in [0.25, 0.3) is 0 Å². The van der Waals surface area contributed by atoms with E-state index in [0.717, 1.165) is 0 Å². The molecule has 174 valence electrons. The lowest BCUT2D eigenvalue weighted by Crippen LogP contribution is -2.37. The molecule has 0 spiro atoms. The van der Waals surface area contributed by atoms with Gasteiger partial charge < -0.3 is 15.0 Å². The fraction of sp³-hybridized carbons (Fsp3) is 0.208. The predicted molar refractivity (Wildman–Crippen MR) is 131 cm³/mol. The fourth-order valence-corrected chi connectivity index (χ4v) is 3.85. The molecular formula is C24H20Cl2N4O4. The minimum atomic E-state index is -1.40. The summed E-state index contributed by atoms with van der Waals surface area (Å²) < 4.78 is 5.45. The molecule has 2 amide bonds. The number of allylic oxidation sites excluding steroid dienone is 1. The van der Waals surface area contributed by atoms with Gasteiger partial charge >= 0.3 is 5.97 Å². The van der Waals surface area contributed by atoms with Crippen LogP contribution in [0.15, 0.2) is 64.2 Å². The molecule has 2 aromatic carbocycles. The number of benzodiazepines with no additional fused rings is 1. The summed E-state index contributed by atoms with van der Waals surface area (Å²) >= 11 is 12.7. The van der Waals surface area contributed by atoms with Crippen molar-refractivity contribution in [2.24, 2.45) is 9.98 Å². The van der Waals surface area contributed by atoms with Gasteiger partial charge in [-0.3, -0.25) is 19.4 Å². The van der Waals surface area contributed by atoms with Crippen LogP contribution in [-0.2, 0) is 19.1 Å². The number of rotatable bonds is 7. The second-order valence-corrected chi connectivity index (χ2v) is 8.39. The Morgan fingerprint density at radius 3 is 2.62 bits per heavy atom. The Labute approximate surface area is 205 Å². The largest absolute Gasteiger partial charge is 0.430 e. The summed E-state index contributed by atoms with van der Waals surface area (Å²) in [6, 6.07) is 12.1. The molecule has 0 saturated heterocycles. The zero-order chi connectivity index (χ0) is 24.2. The second-order valence-electron chi connectivity index (χ2n) is 7.55. The van der Waals surface area contributed by atoms with Gasteiger partial charge in [0, 0.05) is 47.4 Å². The number of likely N-dealkylation sites (N-methyl/N-ethyl adjacent to an activating group) is 1. The maximum atomic E-state index is 13.1. The van der Waals surface area contributed by atoms with Gasteiger partial charge in [0.25, 0.3) is 18.0 Å². The standard InChI is InChI=1S/C24H20Cl2N4O4/c1-30-19-9-8-14(25)13-16(19)21(15-5-2-3-6-17(15)26)29-23(24(30)33)34-20(31)7-4-11-28-22(32)18-10-12-27-18/h2-3,5-6,8-10,12-13,23H,4,7,11H2,1H3,(H,28,32). The molecule has 0 saturated carbocycles. The van der Waals surface area contributed by atoms with Crippen molar-refractivity contribution >= 4 is 58.6 Å². The Hall–Kier alpha value is -3.49. The highest BCUT2D eigenvalue weighted by molar-refractivity contribution is 6.37. The molecule has 0 bridgehead atoms. The molecule has 1 unspecified atom stereocenters. The lowest BCUT2D eigenvalue weighted by Gasteiger charge is -2.20. The number of ether oxygens (including phenoxy) is 1. The van der Waals surface area contributed by atoms with E-state index < -0.39 is 18.1 Å². The molecule has 2 aromatic rings. The number of carbonyl (C=O) groups excluding carboxylic acids is 3. The van der Waals surface area contributed by atoms with Gasteiger partial charge in [-0.1, -0.05) is 41.4 Å². The molecule has 8 nitrogen and oxygen atoms in total. The van der Waals surface area contributed by atoms with Crippen LogP contribution in [0.3, 0.4) is 0 Å². The van der Waals surface area contributed by atoms with Crippen LogP contribution in [0, 0.1) is 0 Å². The van der Waals surface area contributed by atoms with Gasteiger partial charge in [0.15, 0.2) is 0 Å². The van der Waals surface area contributed by atoms with Crippen LogP contribution in [0.4, 0.5) is 5.69 Å². The maximum absolute atomic E-state index is 13.1. The third-order valence-corrected chi connectivity index (χ3v) is 5.82. The number of benzene rings is 2. The van der Waals surface area contributed by atoms with Crippen LogP contribution in [0.5, 0.6) is 0 Å². The van der Waals surface area contributed by atoms with E-state index in [1.54, 1.807) is 55.6 Å². The number of nitrogens with one attached hydrogen (secondary N) is 1. The summed E-state index contributed by atoms with van der Waals surface area (Å²) in [7, 11) is 1.58. The number of amides is 2. The number of esters is 1. The van der Waals surface area contributed by atoms with E-state index in [4.69, 9.17) is 27.9 Å². The topological polar surface area (TPSA) is 100 Å². The van der Waals surface area contributed by atoms with Gasteiger partial charge in [0.1, 0.15) is 5.70 Å². The van der Waals surface area contributed by atoms with Crippen molar-refractivity contribution < 1.29 is 19.1 Å². The molecule has 4 rings (SSSR count). The number of nitrogens with zero attached hydrogens (tertiary/aromatic N) is 3. The highest BCUT2D eigenvalue weighted by Gasteiger charge is 2.33. The molecule has 1 N–H and O–H groups in total. The maximum Gasteiger partial charge on any atom is 0.308 e. The minimum absolute atomic E-state index is 0.00812. The van der Waals surface area contributed by atoms with Gasteiger partial charge in [-0.15, -0.1) is 0 Å². The number of aliphatic imine (C=N–C) groups is 2. The summed E-state index contributed by atoms with van der Waals surface area (Å²) in [5.74, 6) is -1.43. The van der Waals surface area contributed by atoms with Crippen molar-refractivity contribution in [3.8, 4) is 0 Å². The first-order valence-corrected chi connectivity index (χ1v) is 11.2. The van der Waals surface area contributed by atoms with Crippen molar-refractivity contribution in [2.75, 3.05) is 18.5 Å². The van der Waals surface area contributed by atoms with Crippen molar-refractivity contribution in [1.29, 1.82) is 0 Å². The zero-order valence-corrected chi connectivity index (χ0v) is 19.6. The fourth-order valence-electron chi connectivity index (χ4n) is 3.45. The molecule has 34 heavy (non-hydrogen) atoms. The van der Waals surface area contributed by atoms with Crippen LogP contribution in [-0.4, -0.2) is 49.5 Å². The van der Waals surface area contributed by atoms with Crippen molar-refractivity contribution in [3.63, 3.8) is 0 Å². The Morgan fingerprint density at radius 1 is 1.15 bits per heavy atom. The number of carbonyl (C=O) groups is 3. The Morgan fingerprint density at radius 2 is 1.91 bits per heavy atom. The SMILES string of the molecule is CN1C(=O)C(OC(=O)CCCNC(=O)C2=CC=N2)N=C(c2ccccc2Cl)c2cc(Cl)ccc21. The lowest BCUT2D eigenvalue weighted by molar-refractivity contribution is -0.154. The zero-order valence-electron chi connectivity index (χ0n) is 18.1. The van der Waals surface area contributed by atoms with E-state index in [9.17, 15) is 14.4 Å². The van der Waals surface area contributed by atoms with E-state index in [-0.39, 0.29) is 18.9 Å². The number of fused-ring (bicyclic) bond motifs is 1. The van der Waals surface area contributed by atoms with Gasteiger partial charge in [-0.2, -0.15) is 0 Å². The third-order valence-electron chi connectivity index (χ3n) is 5.26. The molecule has 2 aliphatic rings. The predicted octanol–water partition coefficient (Wildman–Crippen LogP) is 3.54. The van der Waals surface area contributed by atoms with Crippen molar-refractivity contribution in [3.05, 3.63) is 75.4 Å². The highest BCUT2D eigenvalue weighted by atomic mass is 35.5. The van der Waals surface area contributed by atoms with E-state index >= 15 is 0 Å². The summed E-state index contributed by atoms with van der Waals surface area (Å²) in [5, 5.41) is 3.55. The van der Waals surface area contributed by atoms with Gasteiger partial charge in [0.2, 0.25) is 0 Å². The molecule has 0 aliphatic carbocycles. The molecule has 1 atom stereocenters. The smallest absolute Gasteiger partial charge is 0.308 e. The number of hydrogen-bond donors (Lipinski definition) is 1. The first-order valence-electron chi connectivity index (χ1n) is 10.5. The minimum Gasteiger partial charge on any atom is -0.430 e. The van der Waals surface area contributed by atoms with Crippen molar-refractivity contribution in [1.82, 2.24) is 5.32 Å². The van der Waals surface area contributed by atoms with Crippen LogP contribution in [0.2, 0.25) is 10.0 Å². The van der Waals surface area contributed by atoms with E-state index in [2.05, 4.69) is 15.3 Å². The quantitative estimate of drug-likeness (QED) is 0.465. The lowest BCUT2D eigenvalue weighted by atomic mass is 10.0. The molecule has 2 aliphatic heterocycles. The van der Waals surface area contributed by atoms with E-state index in [1.165, 1.54) is 11.1 Å². The third kappa shape index (κ3) is 5.03. The summed E-state index contributed by atoms with van der Waals surface area (Å²) in [5.41, 5.74) is 2.46. The molecule has 0 aromatic heterocycles. The monoisotopic (exact) mass is 498 g/mol. The van der Waals surface area contributed by atoms with Gasteiger partial charge in [0.05, 0.1) is 11.4 Å². The first-order chi connectivity index (χ1) is 16.3.